The van der Waals surface area contributed by atoms with Crippen molar-refractivity contribution < 1.29 is 9.13 Å². The molecule has 2 nitrogen and oxygen atoms in total. The molecular formula is C19H24N2+2. The van der Waals surface area contributed by atoms with Crippen LogP contribution in [0.15, 0.2) is 61.2 Å². The molecule has 1 aliphatic rings. The Morgan fingerprint density at radius 3 is 2.10 bits per heavy atom. The molecule has 21 heavy (non-hydrogen) atoms. The van der Waals surface area contributed by atoms with E-state index in [0.29, 0.717) is 5.92 Å². The van der Waals surface area contributed by atoms with Crippen molar-refractivity contribution >= 4 is 0 Å². The average Bonchev–Trinajstić information content (AvgIpc) is 3.02. The highest BCUT2D eigenvalue weighted by molar-refractivity contribution is 5.60. The summed E-state index contributed by atoms with van der Waals surface area (Å²) in [5.74, 6) is 0.713. The van der Waals surface area contributed by atoms with Crippen LogP contribution in [0.3, 0.4) is 0 Å². The van der Waals surface area contributed by atoms with Gasteiger partial charge in [-0.2, -0.15) is 0 Å². The van der Waals surface area contributed by atoms with Gasteiger partial charge in [-0.1, -0.05) is 19.1 Å². The van der Waals surface area contributed by atoms with Gasteiger partial charge in [0.2, 0.25) is 0 Å². The van der Waals surface area contributed by atoms with E-state index in [1.807, 2.05) is 0 Å². The second-order valence-corrected chi connectivity index (χ2v) is 5.87. The molecule has 2 aromatic heterocycles. The Kier molecular flexibility index (Phi) is 4.44. The van der Waals surface area contributed by atoms with Crippen molar-refractivity contribution in [1.82, 2.24) is 0 Å². The summed E-state index contributed by atoms with van der Waals surface area (Å²) in [6, 6.07) is 8.85. The molecule has 108 valence electrons. The summed E-state index contributed by atoms with van der Waals surface area (Å²) in [6.45, 7) is 4.39. The minimum atomic E-state index is 0.713. The van der Waals surface area contributed by atoms with Gasteiger partial charge in [-0.05, 0) is 24.0 Å². The van der Waals surface area contributed by atoms with E-state index < -0.39 is 0 Å². The van der Waals surface area contributed by atoms with Crippen molar-refractivity contribution in [2.24, 2.45) is 5.92 Å². The quantitative estimate of drug-likeness (QED) is 0.586. The molecule has 0 aliphatic heterocycles. The maximum absolute atomic E-state index is 2.35. The van der Waals surface area contributed by atoms with Crippen LogP contribution in [0.4, 0.5) is 0 Å². The lowest BCUT2D eigenvalue weighted by molar-refractivity contribution is -0.701. The number of allylic oxidation sites excluding steroid dienone is 2. The third kappa shape index (κ3) is 3.57. The minimum absolute atomic E-state index is 0.713. The molecule has 0 aromatic carbocycles. The van der Waals surface area contributed by atoms with Crippen molar-refractivity contribution in [3.05, 3.63) is 61.2 Å². The first-order valence-corrected chi connectivity index (χ1v) is 8.00. The van der Waals surface area contributed by atoms with Gasteiger partial charge in [0.15, 0.2) is 31.3 Å². The first-order chi connectivity index (χ1) is 10.3. The molecule has 0 saturated carbocycles. The van der Waals surface area contributed by atoms with Crippen LogP contribution in [0, 0.1) is 5.92 Å². The Labute approximate surface area is 127 Å². The zero-order chi connectivity index (χ0) is 14.5. The summed E-state index contributed by atoms with van der Waals surface area (Å²) >= 11 is 0. The Balaban J connectivity index is 1.69. The van der Waals surface area contributed by atoms with Gasteiger partial charge in [0, 0.05) is 36.6 Å². The summed E-state index contributed by atoms with van der Waals surface area (Å²) in [6.07, 6.45) is 17.1. The van der Waals surface area contributed by atoms with E-state index in [1.54, 1.807) is 0 Å². The highest BCUT2D eigenvalue weighted by atomic mass is 14.9. The van der Waals surface area contributed by atoms with Gasteiger partial charge in [0.05, 0.1) is 0 Å². The maximum Gasteiger partial charge on any atom is 0.169 e. The highest BCUT2D eigenvalue weighted by Crippen LogP contribution is 2.18. The van der Waals surface area contributed by atoms with Crippen LogP contribution < -0.4 is 9.13 Å². The summed E-state index contributed by atoms with van der Waals surface area (Å²) < 4.78 is 4.53. The highest BCUT2D eigenvalue weighted by Gasteiger charge is 2.14. The molecule has 0 bridgehead atoms. The fraction of sp³-hybridized carbons (Fsp3) is 0.368. The van der Waals surface area contributed by atoms with Crippen LogP contribution in [0.1, 0.15) is 26.2 Å². The molecule has 1 aliphatic carbocycles. The smallest absolute Gasteiger partial charge is 0.169 e. The molecule has 2 heteroatoms. The Hall–Kier alpha value is -1.96. The minimum Gasteiger partial charge on any atom is -0.205 e. The third-order valence-corrected chi connectivity index (χ3v) is 4.16. The van der Waals surface area contributed by atoms with E-state index in [1.165, 1.54) is 30.4 Å². The lowest BCUT2D eigenvalue weighted by Gasteiger charge is -2.04. The molecule has 0 amide bonds. The summed E-state index contributed by atoms with van der Waals surface area (Å²) in [4.78, 5) is 0. The van der Waals surface area contributed by atoms with Gasteiger partial charge >= 0.3 is 0 Å². The molecule has 0 fully saturated rings. The fourth-order valence-corrected chi connectivity index (χ4v) is 2.95. The molecule has 0 radical (unpaired) electrons. The third-order valence-electron chi connectivity index (χ3n) is 4.16. The lowest BCUT2D eigenvalue weighted by atomic mass is 10.1. The second-order valence-electron chi connectivity index (χ2n) is 5.87. The van der Waals surface area contributed by atoms with Gasteiger partial charge in [-0.25, -0.2) is 9.13 Å². The first-order valence-electron chi connectivity index (χ1n) is 8.00. The van der Waals surface area contributed by atoms with E-state index in [-0.39, 0.29) is 0 Å². The number of nitrogens with zero attached hydrogens (tertiary/aromatic N) is 2. The fourth-order valence-electron chi connectivity index (χ4n) is 2.95. The number of rotatable bonds is 5. The van der Waals surface area contributed by atoms with E-state index in [0.717, 1.165) is 13.1 Å². The largest absolute Gasteiger partial charge is 0.205 e. The monoisotopic (exact) mass is 280 g/mol. The van der Waals surface area contributed by atoms with Gasteiger partial charge < -0.3 is 0 Å². The van der Waals surface area contributed by atoms with Crippen molar-refractivity contribution in [3.8, 4) is 11.1 Å². The number of hydrogen-bond donors (Lipinski definition) is 0. The zero-order valence-electron chi connectivity index (χ0n) is 12.8. The number of hydrogen-bond acceptors (Lipinski definition) is 0. The van der Waals surface area contributed by atoms with Gasteiger partial charge in [-0.3, -0.25) is 0 Å². The summed E-state index contributed by atoms with van der Waals surface area (Å²) in [5.41, 5.74) is 2.58. The van der Waals surface area contributed by atoms with E-state index in [4.69, 9.17) is 0 Å². The molecule has 0 N–H and O–H groups in total. The van der Waals surface area contributed by atoms with Crippen molar-refractivity contribution in [1.29, 1.82) is 0 Å². The van der Waals surface area contributed by atoms with Crippen LogP contribution in [0.5, 0.6) is 0 Å². The molecule has 1 atom stereocenters. The topological polar surface area (TPSA) is 7.76 Å². The summed E-state index contributed by atoms with van der Waals surface area (Å²) in [5, 5.41) is 0. The first kappa shape index (κ1) is 14.0. The van der Waals surface area contributed by atoms with Crippen molar-refractivity contribution in [3.63, 3.8) is 0 Å². The molecule has 2 aromatic rings. The lowest BCUT2D eigenvalue weighted by Crippen LogP contribution is -2.35. The van der Waals surface area contributed by atoms with Gasteiger partial charge in [0.25, 0.3) is 0 Å². The van der Waals surface area contributed by atoms with E-state index in [2.05, 4.69) is 77.3 Å². The average molecular weight is 280 g/mol. The van der Waals surface area contributed by atoms with Crippen LogP contribution in [-0.4, -0.2) is 0 Å². The van der Waals surface area contributed by atoms with Crippen LogP contribution in [0.25, 0.3) is 11.1 Å². The zero-order valence-corrected chi connectivity index (χ0v) is 12.8. The van der Waals surface area contributed by atoms with Crippen molar-refractivity contribution in [2.45, 2.75) is 39.3 Å². The Morgan fingerprint density at radius 2 is 1.57 bits per heavy atom. The van der Waals surface area contributed by atoms with Crippen LogP contribution in [-0.2, 0) is 13.1 Å². The molecular weight excluding hydrogens is 256 g/mol. The normalized spacial score (nSPS) is 17.3. The predicted molar refractivity (Wildman–Crippen MR) is 84.4 cm³/mol. The van der Waals surface area contributed by atoms with Crippen LogP contribution >= 0.6 is 0 Å². The standard InChI is InChI=1S/C19H24N2/c1-2-11-20-12-7-18(8-13-20)19-9-14-21(15-10-19)16-17-5-3-4-6-17/h3,5,7-10,12-15,17H,2,4,6,11,16H2,1H3/q+2/t17-/m1/s1. The Morgan fingerprint density at radius 1 is 0.952 bits per heavy atom. The molecule has 0 unspecified atom stereocenters. The number of pyridine rings is 2. The van der Waals surface area contributed by atoms with E-state index >= 15 is 0 Å². The second kappa shape index (κ2) is 6.66. The van der Waals surface area contributed by atoms with Crippen molar-refractivity contribution in [2.75, 3.05) is 0 Å². The summed E-state index contributed by atoms with van der Waals surface area (Å²) in [7, 11) is 0. The Bertz CT molecular complexity index is 596. The van der Waals surface area contributed by atoms with Gasteiger partial charge in [-0.15, -0.1) is 0 Å². The van der Waals surface area contributed by atoms with Crippen LogP contribution in [0.2, 0.25) is 0 Å². The number of aryl methyl sites for hydroxylation is 1. The number of aromatic nitrogens is 2. The SMILES string of the molecule is CCC[n+]1ccc(-c2cc[n+](C[C@@H]3C=CCC3)cc2)cc1. The molecule has 3 rings (SSSR count). The predicted octanol–water partition coefficient (Wildman–Crippen LogP) is 3.30. The maximum atomic E-state index is 2.35. The molecule has 0 spiro atoms. The molecule has 2 heterocycles. The van der Waals surface area contributed by atoms with Gasteiger partial charge in [0.1, 0.15) is 6.54 Å². The van der Waals surface area contributed by atoms with E-state index in [9.17, 15) is 0 Å². The molecule has 0 saturated heterocycles.